The molecule has 0 fully saturated rings. The minimum absolute atomic E-state index is 0.0841. The van der Waals surface area contributed by atoms with Crippen LogP contribution < -0.4 is 20.1 Å². The van der Waals surface area contributed by atoms with Gasteiger partial charge in [0.15, 0.2) is 0 Å². The van der Waals surface area contributed by atoms with Gasteiger partial charge in [-0.25, -0.2) is 9.18 Å². The van der Waals surface area contributed by atoms with E-state index in [0.29, 0.717) is 22.2 Å². The molecule has 0 bridgehead atoms. The fraction of sp³-hybridized carbons (Fsp3) is 0.133. The number of halogens is 3. The third-order valence-electron chi connectivity index (χ3n) is 2.92. The molecule has 2 amide bonds. The molecule has 0 saturated heterocycles. The molecule has 2 rings (SSSR count). The van der Waals surface area contributed by atoms with E-state index in [-0.39, 0.29) is 10.7 Å². The first-order valence-electron chi connectivity index (χ1n) is 6.39. The Morgan fingerprint density at radius 2 is 1.74 bits per heavy atom. The van der Waals surface area contributed by atoms with Crippen molar-refractivity contribution in [3.63, 3.8) is 0 Å². The first-order chi connectivity index (χ1) is 11.0. The number of amides is 2. The average molecular weight is 359 g/mol. The van der Waals surface area contributed by atoms with Crippen molar-refractivity contribution in [1.82, 2.24) is 0 Å². The summed E-state index contributed by atoms with van der Waals surface area (Å²) in [7, 11) is 2.87. The summed E-state index contributed by atoms with van der Waals surface area (Å²) in [6.07, 6.45) is 0. The molecule has 0 radical (unpaired) electrons. The van der Waals surface area contributed by atoms with Crippen LogP contribution in [0.15, 0.2) is 30.3 Å². The standard InChI is InChI=1S/C15H13Cl2FN2O3/c1-22-12-7-11(13(23-2)6-9(12)17)19-15(21)20-14-8(16)4-3-5-10(14)18/h3-7H,1-2H3,(H2,19,20,21). The van der Waals surface area contributed by atoms with E-state index in [1.807, 2.05) is 0 Å². The number of hydrogen-bond acceptors (Lipinski definition) is 3. The number of rotatable bonds is 4. The van der Waals surface area contributed by atoms with E-state index in [1.54, 1.807) is 0 Å². The molecular formula is C15H13Cl2FN2O3. The minimum Gasteiger partial charge on any atom is -0.495 e. The lowest BCUT2D eigenvalue weighted by molar-refractivity contribution is 0.262. The zero-order chi connectivity index (χ0) is 17.0. The zero-order valence-electron chi connectivity index (χ0n) is 12.2. The highest BCUT2D eigenvalue weighted by Crippen LogP contribution is 2.36. The molecular weight excluding hydrogens is 346 g/mol. The largest absolute Gasteiger partial charge is 0.495 e. The van der Waals surface area contributed by atoms with Gasteiger partial charge in [0.2, 0.25) is 0 Å². The van der Waals surface area contributed by atoms with Gasteiger partial charge in [0.25, 0.3) is 0 Å². The van der Waals surface area contributed by atoms with Crippen molar-refractivity contribution < 1.29 is 18.7 Å². The summed E-state index contributed by atoms with van der Waals surface area (Å²) in [6.45, 7) is 0. The van der Waals surface area contributed by atoms with Crippen LogP contribution in [0.2, 0.25) is 10.0 Å². The third-order valence-corrected chi connectivity index (χ3v) is 3.53. The number of nitrogens with one attached hydrogen (secondary N) is 2. The minimum atomic E-state index is -0.695. The summed E-state index contributed by atoms with van der Waals surface area (Å²) >= 11 is 11.8. The van der Waals surface area contributed by atoms with Gasteiger partial charge < -0.3 is 20.1 Å². The lowest BCUT2D eigenvalue weighted by Gasteiger charge is -2.14. The average Bonchev–Trinajstić information content (AvgIpc) is 2.52. The van der Waals surface area contributed by atoms with Gasteiger partial charge in [0.1, 0.15) is 17.3 Å². The molecule has 0 heterocycles. The maximum Gasteiger partial charge on any atom is 0.323 e. The van der Waals surface area contributed by atoms with Crippen molar-refractivity contribution >= 4 is 40.6 Å². The van der Waals surface area contributed by atoms with E-state index in [1.165, 1.54) is 44.6 Å². The van der Waals surface area contributed by atoms with Gasteiger partial charge >= 0.3 is 6.03 Å². The topological polar surface area (TPSA) is 59.6 Å². The van der Waals surface area contributed by atoms with Gasteiger partial charge in [-0.1, -0.05) is 29.3 Å². The molecule has 0 aliphatic rings. The molecule has 0 aromatic heterocycles. The number of ether oxygens (including phenoxy) is 2. The third kappa shape index (κ3) is 3.97. The lowest BCUT2D eigenvalue weighted by Crippen LogP contribution is -2.20. The second-order valence-corrected chi connectivity index (χ2v) is 5.18. The Morgan fingerprint density at radius 3 is 2.35 bits per heavy atom. The SMILES string of the molecule is COc1cc(NC(=O)Nc2c(F)cccc2Cl)c(OC)cc1Cl. The van der Waals surface area contributed by atoms with Crippen molar-refractivity contribution in [2.24, 2.45) is 0 Å². The summed E-state index contributed by atoms with van der Waals surface area (Å²) in [5.41, 5.74) is 0.185. The van der Waals surface area contributed by atoms with Crippen LogP contribution in [0.3, 0.4) is 0 Å². The second kappa shape index (κ2) is 7.39. The van der Waals surface area contributed by atoms with Gasteiger partial charge in [-0.2, -0.15) is 0 Å². The molecule has 0 unspecified atom stereocenters. The Hall–Kier alpha value is -2.18. The Labute approximate surface area is 142 Å². The molecule has 2 aromatic carbocycles. The molecule has 122 valence electrons. The van der Waals surface area contributed by atoms with Crippen LogP contribution in [0.4, 0.5) is 20.6 Å². The van der Waals surface area contributed by atoms with Crippen LogP contribution >= 0.6 is 23.2 Å². The number of methoxy groups -OCH3 is 2. The summed E-state index contributed by atoms with van der Waals surface area (Å²) in [5, 5.41) is 5.28. The monoisotopic (exact) mass is 358 g/mol. The van der Waals surface area contributed by atoms with Crippen molar-refractivity contribution in [3.05, 3.63) is 46.2 Å². The highest BCUT2D eigenvalue weighted by Gasteiger charge is 2.15. The van der Waals surface area contributed by atoms with Gasteiger partial charge in [0, 0.05) is 12.1 Å². The van der Waals surface area contributed by atoms with Crippen LogP contribution in [0, 0.1) is 5.82 Å². The molecule has 0 atom stereocenters. The predicted octanol–water partition coefficient (Wildman–Crippen LogP) is 4.79. The maximum absolute atomic E-state index is 13.7. The number of para-hydroxylation sites is 1. The van der Waals surface area contributed by atoms with Crippen molar-refractivity contribution in [3.8, 4) is 11.5 Å². The number of benzene rings is 2. The van der Waals surface area contributed by atoms with Crippen LogP contribution in [0.5, 0.6) is 11.5 Å². The first kappa shape index (κ1) is 17.2. The smallest absolute Gasteiger partial charge is 0.323 e. The predicted molar refractivity (Wildman–Crippen MR) is 88.6 cm³/mol. The van der Waals surface area contributed by atoms with Gasteiger partial charge in [-0.05, 0) is 12.1 Å². The van der Waals surface area contributed by atoms with Crippen molar-refractivity contribution in [1.29, 1.82) is 0 Å². The number of hydrogen-bond donors (Lipinski definition) is 2. The van der Waals surface area contributed by atoms with E-state index < -0.39 is 11.8 Å². The van der Waals surface area contributed by atoms with E-state index in [4.69, 9.17) is 32.7 Å². The van der Waals surface area contributed by atoms with E-state index in [0.717, 1.165) is 0 Å². The fourth-order valence-electron chi connectivity index (χ4n) is 1.84. The molecule has 5 nitrogen and oxygen atoms in total. The second-order valence-electron chi connectivity index (χ2n) is 4.36. The van der Waals surface area contributed by atoms with Crippen LogP contribution in [-0.2, 0) is 0 Å². The van der Waals surface area contributed by atoms with E-state index in [9.17, 15) is 9.18 Å². The Kier molecular flexibility index (Phi) is 5.52. The maximum atomic E-state index is 13.7. The Balaban J connectivity index is 2.23. The number of carbonyl (C=O) groups excluding carboxylic acids is 1. The van der Waals surface area contributed by atoms with Gasteiger partial charge in [-0.15, -0.1) is 0 Å². The summed E-state index contributed by atoms with van der Waals surface area (Å²) in [4.78, 5) is 12.1. The summed E-state index contributed by atoms with van der Waals surface area (Å²) in [5.74, 6) is 0.0329. The van der Waals surface area contributed by atoms with Gasteiger partial charge in [-0.3, -0.25) is 0 Å². The molecule has 0 aliphatic carbocycles. The first-order valence-corrected chi connectivity index (χ1v) is 7.15. The van der Waals surface area contributed by atoms with Crippen molar-refractivity contribution in [2.75, 3.05) is 24.9 Å². The molecule has 23 heavy (non-hydrogen) atoms. The lowest BCUT2D eigenvalue weighted by atomic mass is 10.2. The quantitative estimate of drug-likeness (QED) is 0.825. The summed E-state index contributed by atoms with van der Waals surface area (Å²) < 4.78 is 23.9. The highest BCUT2D eigenvalue weighted by molar-refractivity contribution is 6.34. The molecule has 0 aliphatic heterocycles. The van der Waals surface area contributed by atoms with Crippen LogP contribution in [0.1, 0.15) is 0 Å². The van der Waals surface area contributed by atoms with Crippen LogP contribution in [0.25, 0.3) is 0 Å². The molecule has 8 heteroatoms. The number of carbonyl (C=O) groups is 1. The molecule has 2 N–H and O–H groups in total. The fourth-order valence-corrected chi connectivity index (χ4v) is 2.28. The summed E-state index contributed by atoms with van der Waals surface area (Å²) in [6, 6.07) is 6.38. The Bertz CT molecular complexity index is 721. The highest BCUT2D eigenvalue weighted by atomic mass is 35.5. The van der Waals surface area contributed by atoms with E-state index in [2.05, 4.69) is 10.6 Å². The number of anilines is 2. The molecule has 2 aromatic rings. The van der Waals surface area contributed by atoms with Gasteiger partial charge in [0.05, 0.1) is 35.6 Å². The van der Waals surface area contributed by atoms with Crippen LogP contribution in [-0.4, -0.2) is 20.3 Å². The zero-order valence-corrected chi connectivity index (χ0v) is 13.8. The number of urea groups is 1. The van der Waals surface area contributed by atoms with E-state index >= 15 is 0 Å². The Morgan fingerprint density at radius 1 is 1.04 bits per heavy atom. The van der Waals surface area contributed by atoms with Crippen molar-refractivity contribution in [2.45, 2.75) is 0 Å². The normalized spacial score (nSPS) is 10.1. The molecule has 0 saturated carbocycles. The molecule has 0 spiro atoms.